The molecule has 0 radical (unpaired) electrons. The third-order valence-electron chi connectivity index (χ3n) is 3.21. The van der Waals surface area contributed by atoms with E-state index in [0.717, 1.165) is 12.8 Å². The number of aromatic nitrogens is 2. The smallest absolute Gasteiger partial charge is 0.271 e. The van der Waals surface area contributed by atoms with Crippen LogP contribution in [0.5, 0.6) is 5.88 Å². The normalized spacial score (nSPS) is 10.7. The molecule has 6 nitrogen and oxygen atoms in total. The molecule has 1 heterocycles. The van der Waals surface area contributed by atoms with E-state index in [1.165, 1.54) is 37.6 Å². The van der Waals surface area contributed by atoms with E-state index in [2.05, 4.69) is 16.9 Å². The van der Waals surface area contributed by atoms with Crippen LogP contribution in [0.4, 0.5) is 5.69 Å². The van der Waals surface area contributed by atoms with Crippen LogP contribution in [0, 0.1) is 10.1 Å². The van der Waals surface area contributed by atoms with Gasteiger partial charge in [-0.05, 0) is 12.5 Å². The van der Waals surface area contributed by atoms with Gasteiger partial charge in [-0.25, -0.2) is 9.97 Å². The molecule has 112 valence electrons. The van der Waals surface area contributed by atoms with Crippen LogP contribution in [0.1, 0.15) is 39.0 Å². The third-order valence-corrected chi connectivity index (χ3v) is 3.21. The molecule has 1 aromatic heterocycles. The molecular weight excluding hydrogens is 270 g/mol. The van der Waals surface area contributed by atoms with Gasteiger partial charge in [-0.15, -0.1) is 0 Å². The molecule has 0 aliphatic carbocycles. The lowest BCUT2D eigenvalue weighted by Gasteiger charge is -2.05. The number of hydrogen-bond donors (Lipinski definition) is 0. The van der Waals surface area contributed by atoms with E-state index < -0.39 is 4.92 Å². The monoisotopic (exact) mass is 289 g/mol. The van der Waals surface area contributed by atoms with Gasteiger partial charge in [0, 0.05) is 12.1 Å². The Labute approximate surface area is 123 Å². The lowest BCUT2D eigenvalue weighted by atomic mass is 10.2. The van der Waals surface area contributed by atoms with E-state index in [1.807, 2.05) is 0 Å². The fourth-order valence-electron chi connectivity index (χ4n) is 2.05. The first-order chi connectivity index (χ1) is 10.2. The van der Waals surface area contributed by atoms with Gasteiger partial charge in [-0.1, -0.05) is 32.6 Å². The summed E-state index contributed by atoms with van der Waals surface area (Å²) in [4.78, 5) is 18.7. The van der Waals surface area contributed by atoms with E-state index >= 15 is 0 Å². The summed E-state index contributed by atoms with van der Waals surface area (Å²) in [6.07, 6.45) is 7.38. The SMILES string of the molecule is CCCCCCCOc1cnc2cc([N+](=O)[O-])ccc2n1. The summed E-state index contributed by atoms with van der Waals surface area (Å²) in [6, 6.07) is 4.43. The standard InChI is InChI=1S/C15H19N3O3/c1-2-3-4-5-6-9-21-15-11-16-14-10-12(18(19)20)7-8-13(14)17-15/h7-8,10-11H,2-6,9H2,1H3. The average Bonchev–Trinajstić information content (AvgIpc) is 2.50. The lowest BCUT2D eigenvalue weighted by Crippen LogP contribution is -2.00. The minimum absolute atomic E-state index is 0.0152. The molecule has 0 spiro atoms. The number of ether oxygens (including phenoxy) is 1. The van der Waals surface area contributed by atoms with Gasteiger partial charge in [0.25, 0.3) is 5.69 Å². The average molecular weight is 289 g/mol. The Bertz CT molecular complexity index is 616. The molecule has 0 aliphatic rings. The Kier molecular flexibility index (Phi) is 5.43. The van der Waals surface area contributed by atoms with Gasteiger partial charge in [0.1, 0.15) is 0 Å². The first-order valence-electron chi connectivity index (χ1n) is 7.24. The molecule has 2 aromatic rings. The molecule has 0 N–H and O–H groups in total. The number of nitro benzene ring substituents is 1. The van der Waals surface area contributed by atoms with Crippen molar-refractivity contribution in [3.05, 3.63) is 34.5 Å². The van der Waals surface area contributed by atoms with Gasteiger partial charge < -0.3 is 4.74 Å². The van der Waals surface area contributed by atoms with E-state index in [-0.39, 0.29) is 5.69 Å². The van der Waals surface area contributed by atoms with Gasteiger partial charge in [0.05, 0.1) is 28.8 Å². The van der Waals surface area contributed by atoms with Crippen molar-refractivity contribution in [2.24, 2.45) is 0 Å². The summed E-state index contributed by atoms with van der Waals surface area (Å²) in [5.41, 5.74) is 1.12. The minimum Gasteiger partial charge on any atom is -0.477 e. The van der Waals surface area contributed by atoms with Crippen molar-refractivity contribution in [1.29, 1.82) is 0 Å². The Balaban J connectivity index is 1.93. The fraction of sp³-hybridized carbons (Fsp3) is 0.467. The van der Waals surface area contributed by atoms with E-state index in [9.17, 15) is 10.1 Å². The van der Waals surface area contributed by atoms with Crippen LogP contribution in [0.25, 0.3) is 11.0 Å². The van der Waals surface area contributed by atoms with Gasteiger partial charge in [0.15, 0.2) is 0 Å². The zero-order valence-corrected chi connectivity index (χ0v) is 12.1. The van der Waals surface area contributed by atoms with Gasteiger partial charge in [-0.3, -0.25) is 10.1 Å². The van der Waals surface area contributed by atoms with Crippen LogP contribution < -0.4 is 4.74 Å². The number of nitro groups is 1. The highest BCUT2D eigenvalue weighted by Crippen LogP contribution is 2.19. The van der Waals surface area contributed by atoms with Crippen molar-refractivity contribution < 1.29 is 9.66 Å². The molecule has 2 rings (SSSR count). The number of non-ortho nitro benzene ring substituents is 1. The summed E-state index contributed by atoms with van der Waals surface area (Å²) in [6.45, 7) is 2.81. The second kappa shape index (κ2) is 7.52. The van der Waals surface area contributed by atoms with Gasteiger partial charge in [-0.2, -0.15) is 0 Å². The largest absolute Gasteiger partial charge is 0.477 e. The highest BCUT2D eigenvalue weighted by atomic mass is 16.6. The first-order valence-corrected chi connectivity index (χ1v) is 7.24. The Hall–Kier alpha value is -2.24. The summed E-state index contributed by atoms with van der Waals surface area (Å²) < 4.78 is 5.56. The van der Waals surface area contributed by atoms with Crippen LogP contribution in [-0.4, -0.2) is 21.5 Å². The Morgan fingerprint density at radius 1 is 1.19 bits per heavy atom. The molecule has 0 amide bonds. The second-order valence-corrected chi connectivity index (χ2v) is 4.90. The molecule has 0 aliphatic heterocycles. The van der Waals surface area contributed by atoms with Crippen molar-refractivity contribution in [2.75, 3.05) is 6.61 Å². The summed E-state index contributed by atoms with van der Waals surface area (Å²) in [5.74, 6) is 0.465. The maximum absolute atomic E-state index is 10.7. The fourth-order valence-corrected chi connectivity index (χ4v) is 2.05. The number of rotatable bonds is 8. The number of nitrogens with zero attached hydrogens (tertiary/aromatic N) is 3. The number of benzene rings is 1. The molecule has 0 fully saturated rings. The molecule has 6 heteroatoms. The van der Waals surface area contributed by atoms with Crippen molar-refractivity contribution >= 4 is 16.7 Å². The second-order valence-electron chi connectivity index (χ2n) is 4.90. The van der Waals surface area contributed by atoms with E-state index in [1.54, 1.807) is 6.07 Å². The van der Waals surface area contributed by atoms with Gasteiger partial charge in [0.2, 0.25) is 5.88 Å². The van der Waals surface area contributed by atoms with E-state index in [4.69, 9.17) is 4.74 Å². The van der Waals surface area contributed by atoms with Crippen LogP contribution in [0.2, 0.25) is 0 Å². The zero-order chi connectivity index (χ0) is 15.1. The van der Waals surface area contributed by atoms with Gasteiger partial charge >= 0.3 is 0 Å². The lowest BCUT2D eigenvalue weighted by molar-refractivity contribution is -0.384. The predicted octanol–water partition coefficient (Wildman–Crippen LogP) is 3.89. The molecule has 0 bridgehead atoms. The zero-order valence-electron chi connectivity index (χ0n) is 12.1. The van der Waals surface area contributed by atoms with Crippen molar-refractivity contribution in [1.82, 2.24) is 9.97 Å². The van der Waals surface area contributed by atoms with Crippen LogP contribution in [-0.2, 0) is 0 Å². The number of hydrogen-bond acceptors (Lipinski definition) is 5. The quantitative estimate of drug-likeness (QED) is 0.418. The van der Waals surface area contributed by atoms with Crippen molar-refractivity contribution in [3.63, 3.8) is 0 Å². The van der Waals surface area contributed by atoms with Crippen molar-refractivity contribution in [3.8, 4) is 5.88 Å². The molecule has 21 heavy (non-hydrogen) atoms. The summed E-state index contributed by atoms with van der Waals surface area (Å²) in [5, 5.41) is 10.7. The Morgan fingerprint density at radius 3 is 2.76 bits per heavy atom. The molecule has 0 saturated heterocycles. The highest BCUT2D eigenvalue weighted by molar-refractivity contribution is 5.77. The number of unbranched alkanes of at least 4 members (excludes halogenated alkanes) is 4. The highest BCUT2D eigenvalue weighted by Gasteiger charge is 2.08. The van der Waals surface area contributed by atoms with Crippen LogP contribution >= 0.6 is 0 Å². The number of fused-ring (bicyclic) bond motifs is 1. The maximum atomic E-state index is 10.7. The van der Waals surface area contributed by atoms with E-state index in [0.29, 0.717) is 23.5 Å². The topological polar surface area (TPSA) is 78.2 Å². The molecule has 0 unspecified atom stereocenters. The summed E-state index contributed by atoms with van der Waals surface area (Å²) >= 11 is 0. The van der Waals surface area contributed by atoms with Crippen LogP contribution in [0.3, 0.4) is 0 Å². The van der Waals surface area contributed by atoms with Crippen LogP contribution in [0.15, 0.2) is 24.4 Å². The third kappa shape index (κ3) is 4.37. The summed E-state index contributed by atoms with van der Waals surface area (Å²) in [7, 11) is 0. The maximum Gasteiger partial charge on any atom is 0.271 e. The molecule has 0 saturated carbocycles. The van der Waals surface area contributed by atoms with Crippen molar-refractivity contribution in [2.45, 2.75) is 39.0 Å². The predicted molar refractivity (Wildman–Crippen MR) is 80.4 cm³/mol. The first kappa shape index (κ1) is 15.2. The Morgan fingerprint density at radius 2 is 2.00 bits per heavy atom. The molecular formula is C15H19N3O3. The molecule has 1 aromatic carbocycles. The minimum atomic E-state index is -0.443. The molecule has 0 atom stereocenters.